The highest BCUT2D eigenvalue weighted by atomic mass is 16.3. The van der Waals surface area contributed by atoms with Gasteiger partial charge in [0, 0.05) is 54.2 Å². The van der Waals surface area contributed by atoms with E-state index in [4.69, 9.17) is 4.42 Å². The maximum absolute atomic E-state index is 5.66. The molecule has 0 saturated heterocycles. The maximum atomic E-state index is 5.66. The van der Waals surface area contributed by atoms with Crippen LogP contribution in [-0.2, 0) is 0 Å². The number of aromatic nitrogens is 5. The molecule has 0 atom stereocenters. The van der Waals surface area contributed by atoms with Crippen molar-refractivity contribution in [3.05, 3.63) is 92.4 Å². The van der Waals surface area contributed by atoms with Gasteiger partial charge in [-0.2, -0.15) is 0 Å². The molecule has 0 amide bonds. The summed E-state index contributed by atoms with van der Waals surface area (Å²) in [5.74, 6) is 0. The van der Waals surface area contributed by atoms with Crippen LogP contribution in [0.4, 0.5) is 0 Å². The molecule has 122 valence electrons. The molecule has 0 aliphatic carbocycles. The predicted octanol–water partition coefficient (Wildman–Crippen LogP) is 3.93. The molecule has 0 bridgehead atoms. The second kappa shape index (κ2) is 8.83. The lowest BCUT2D eigenvalue weighted by molar-refractivity contribution is 0.603. The minimum Gasteiger partial charge on any atom is -0.461 e. The van der Waals surface area contributed by atoms with Crippen molar-refractivity contribution >= 4 is 21.9 Å². The van der Waals surface area contributed by atoms with E-state index in [1.807, 2.05) is 24.3 Å². The molecule has 0 saturated carbocycles. The third-order valence-electron chi connectivity index (χ3n) is 3.15. The third-order valence-corrected chi connectivity index (χ3v) is 3.15. The van der Waals surface area contributed by atoms with E-state index in [1.54, 1.807) is 55.6 Å². The van der Waals surface area contributed by atoms with Crippen LogP contribution in [0.3, 0.4) is 0 Å². The van der Waals surface area contributed by atoms with Crippen LogP contribution < -0.4 is 0 Å². The Balaban J connectivity index is 2.27. The van der Waals surface area contributed by atoms with E-state index >= 15 is 0 Å². The fraction of sp³-hybridized carbons (Fsp3) is 0. The van der Waals surface area contributed by atoms with Crippen molar-refractivity contribution in [3.63, 3.8) is 0 Å². The van der Waals surface area contributed by atoms with Crippen molar-refractivity contribution in [2.24, 2.45) is 0 Å². The van der Waals surface area contributed by atoms with E-state index in [0.717, 1.165) is 16.3 Å². The minimum atomic E-state index is 0.593. The molecular weight excluding hydrogens is 314 g/mol. The molecule has 0 aliphatic rings. The summed E-state index contributed by atoms with van der Waals surface area (Å²) in [5.41, 5.74) is 1.46. The molecule has 2 heterocycles. The summed E-state index contributed by atoms with van der Waals surface area (Å²) in [7, 11) is 0. The van der Waals surface area contributed by atoms with Gasteiger partial charge in [0.05, 0.1) is 17.9 Å². The Morgan fingerprint density at radius 1 is 0.600 bits per heavy atom. The van der Waals surface area contributed by atoms with E-state index in [2.05, 4.69) is 24.9 Å². The Kier molecular flexibility index (Phi) is 5.72. The van der Waals surface area contributed by atoms with Crippen molar-refractivity contribution in [2.45, 2.75) is 0 Å². The Bertz CT molecular complexity index is 1030. The number of pyridine rings is 1. The highest BCUT2D eigenvalue weighted by molar-refractivity contribution is 6.02. The van der Waals surface area contributed by atoms with Gasteiger partial charge in [0.2, 0.25) is 0 Å². The molecule has 1 aromatic carbocycles. The van der Waals surface area contributed by atoms with Crippen LogP contribution in [0.1, 0.15) is 0 Å². The van der Waals surface area contributed by atoms with Gasteiger partial charge in [-0.3, -0.25) is 24.9 Å². The molecule has 0 N–H and O–H groups in total. The van der Waals surface area contributed by atoms with Crippen molar-refractivity contribution in [1.29, 1.82) is 0 Å². The van der Waals surface area contributed by atoms with Crippen LogP contribution in [0.15, 0.2) is 96.8 Å². The summed E-state index contributed by atoms with van der Waals surface area (Å²) in [5, 5.41) is 1.79. The summed E-state index contributed by atoms with van der Waals surface area (Å²) < 4.78 is 5.66. The van der Waals surface area contributed by atoms with Gasteiger partial charge in [0.25, 0.3) is 0 Å². The molecule has 25 heavy (non-hydrogen) atoms. The van der Waals surface area contributed by atoms with Gasteiger partial charge in [-0.25, -0.2) is 0 Å². The summed E-state index contributed by atoms with van der Waals surface area (Å²) >= 11 is 0. The average molecular weight is 329 g/mol. The number of fused-ring (bicyclic) bond motifs is 3. The Morgan fingerprint density at radius 2 is 1.32 bits per heavy atom. The number of hydrogen-bond acceptors (Lipinski definition) is 6. The van der Waals surface area contributed by atoms with Gasteiger partial charge in [-0.15, -0.1) is 0 Å². The molecule has 0 fully saturated rings. The number of rotatable bonds is 0. The summed E-state index contributed by atoms with van der Waals surface area (Å²) in [6, 6.07) is 9.55. The first kappa shape index (κ1) is 16.2. The van der Waals surface area contributed by atoms with E-state index in [9.17, 15) is 0 Å². The Labute approximate surface area is 144 Å². The molecule has 0 unspecified atom stereocenters. The molecule has 6 nitrogen and oxygen atoms in total. The second-order valence-corrected chi connectivity index (χ2v) is 4.77. The molecular formula is C19H15N5O. The van der Waals surface area contributed by atoms with Crippen LogP contribution in [-0.4, -0.2) is 24.9 Å². The van der Waals surface area contributed by atoms with Crippen LogP contribution >= 0.6 is 0 Å². The zero-order valence-electron chi connectivity index (χ0n) is 13.3. The molecule has 0 aliphatic heterocycles. The summed E-state index contributed by atoms with van der Waals surface area (Å²) in [4.78, 5) is 20.8. The van der Waals surface area contributed by atoms with Crippen molar-refractivity contribution in [2.75, 3.05) is 0 Å². The molecule has 3 rings (SSSR count). The smallest absolute Gasteiger partial charge is 0.154 e. The lowest BCUT2D eigenvalue weighted by atomic mass is 10.1. The number of hydrogen-bond donors (Lipinski definition) is 0. The second-order valence-electron chi connectivity index (χ2n) is 4.77. The van der Waals surface area contributed by atoms with Crippen molar-refractivity contribution in [3.8, 4) is 0 Å². The normalized spacial score (nSPS) is 9.60. The van der Waals surface area contributed by atoms with E-state index in [1.165, 1.54) is 12.5 Å². The van der Waals surface area contributed by atoms with Crippen LogP contribution in [0.2, 0.25) is 0 Å². The van der Waals surface area contributed by atoms with Crippen LogP contribution in [0.25, 0.3) is 21.9 Å². The maximum Gasteiger partial charge on any atom is 0.154 e. The Hall–Kier alpha value is -3.67. The molecule has 0 radical (unpaired) electrons. The van der Waals surface area contributed by atoms with Gasteiger partial charge in [0.15, 0.2) is 5.58 Å². The molecule has 0 spiro atoms. The molecule has 2 aromatic heterocycles. The zero-order chi connectivity index (χ0) is 17.2. The number of benzene rings is 1. The first-order chi connectivity index (χ1) is 12.4. The molecule has 6 heteroatoms. The number of para-hydroxylation sites is 1. The fourth-order valence-corrected chi connectivity index (χ4v) is 2.07. The van der Waals surface area contributed by atoms with Gasteiger partial charge >= 0.3 is 0 Å². The first-order valence-corrected chi connectivity index (χ1v) is 7.56. The van der Waals surface area contributed by atoms with Crippen LogP contribution in [0, 0.1) is 0 Å². The lowest BCUT2D eigenvalue weighted by Crippen LogP contribution is -1.80. The summed E-state index contributed by atoms with van der Waals surface area (Å²) in [6.45, 7) is 0. The highest BCUT2D eigenvalue weighted by Crippen LogP contribution is 2.20. The first-order valence-electron chi connectivity index (χ1n) is 7.56. The number of nitrogens with zero attached hydrogens (tertiary/aromatic N) is 5. The fourth-order valence-electron chi connectivity index (χ4n) is 2.07. The van der Waals surface area contributed by atoms with E-state index < -0.39 is 0 Å². The average Bonchev–Trinajstić information content (AvgIpc) is 2.65. The van der Waals surface area contributed by atoms with E-state index in [0.29, 0.717) is 5.58 Å². The monoisotopic (exact) mass is 329 g/mol. The summed E-state index contributed by atoms with van der Waals surface area (Å²) in [6.07, 6.45) is 15.9. The van der Waals surface area contributed by atoms with E-state index in [-0.39, 0.29) is 0 Å². The standard InChI is InChI=1S/C19H15N5O/c1-2-5-18-16(4-1)17-14-23-7-3-6-20-8-9-21-10-11-22-12-13-25-19(17)15-24-18/h1-15H. The molecule has 3 aromatic rings. The van der Waals surface area contributed by atoms with Crippen molar-refractivity contribution < 1.29 is 4.42 Å². The quantitative estimate of drug-likeness (QED) is 0.622. The largest absolute Gasteiger partial charge is 0.461 e. The van der Waals surface area contributed by atoms with Gasteiger partial charge < -0.3 is 4.42 Å². The minimum absolute atomic E-state index is 0.593. The highest BCUT2D eigenvalue weighted by Gasteiger charge is 1.99. The van der Waals surface area contributed by atoms with Gasteiger partial charge in [0.1, 0.15) is 6.26 Å². The topological polar surface area (TPSA) is 77.6 Å². The SMILES string of the molecule is c1cnccnccnccoc2cnc3ccccc3c2cnc1. The third kappa shape index (κ3) is 4.65. The zero-order valence-corrected chi connectivity index (χ0v) is 13.3. The van der Waals surface area contributed by atoms with Crippen molar-refractivity contribution in [1.82, 2.24) is 24.9 Å². The Morgan fingerprint density at radius 3 is 2.20 bits per heavy atom. The van der Waals surface area contributed by atoms with Gasteiger partial charge in [-0.1, -0.05) is 18.2 Å². The lowest BCUT2D eigenvalue weighted by Gasteiger charge is -1.98. The van der Waals surface area contributed by atoms with Crippen LogP contribution in [0.5, 0.6) is 0 Å². The predicted molar refractivity (Wildman–Crippen MR) is 95.6 cm³/mol. The van der Waals surface area contributed by atoms with Gasteiger partial charge in [-0.05, 0) is 12.1 Å².